The van der Waals surface area contributed by atoms with E-state index in [0.29, 0.717) is 28.6 Å². The summed E-state index contributed by atoms with van der Waals surface area (Å²) in [6.07, 6.45) is 1.49. The number of nitrogens with zero attached hydrogens (tertiary/aromatic N) is 1. The first-order chi connectivity index (χ1) is 14.8. The van der Waals surface area contributed by atoms with Crippen LogP contribution in [0, 0.1) is 25.2 Å². The van der Waals surface area contributed by atoms with Crippen molar-refractivity contribution in [2.24, 2.45) is 0 Å². The lowest BCUT2D eigenvalue weighted by Crippen LogP contribution is -2.13. The van der Waals surface area contributed by atoms with Crippen LogP contribution >= 0.6 is 27.5 Å². The summed E-state index contributed by atoms with van der Waals surface area (Å²) in [7, 11) is 0. The molecule has 3 rings (SSSR count). The number of anilines is 1. The number of ether oxygens (including phenoxy) is 1. The van der Waals surface area contributed by atoms with Gasteiger partial charge in [0, 0.05) is 10.2 Å². The zero-order chi connectivity index (χ0) is 22.4. The third-order valence-electron chi connectivity index (χ3n) is 4.41. The normalized spacial score (nSPS) is 11.0. The van der Waals surface area contributed by atoms with Crippen molar-refractivity contribution in [2.75, 3.05) is 5.32 Å². The Balaban J connectivity index is 1.71. The lowest BCUT2D eigenvalue weighted by molar-refractivity contribution is -0.112. The first-order valence-corrected chi connectivity index (χ1v) is 10.7. The topological polar surface area (TPSA) is 62.1 Å². The van der Waals surface area contributed by atoms with Crippen LogP contribution in [0.2, 0.25) is 5.02 Å². The van der Waals surface area contributed by atoms with Crippen LogP contribution in [-0.2, 0) is 11.4 Å². The van der Waals surface area contributed by atoms with Gasteiger partial charge in [0.25, 0.3) is 5.91 Å². The molecular weight excluding hydrogens is 476 g/mol. The SMILES string of the molecule is Cc1cc(C)cc(COc2ccc(/C=C(\C#N)C(=O)Nc3ccc(Br)cc3)cc2Cl)c1. The summed E-state index contributed by atoms with van der Waals surface area (Å²) < 4.78 is 6.75. The molecule has 0 aliphatic rings. The van der Waals surface area contributed by atoms with Gasteiger partial charge in [0.15, 0.2) is 0 Å². The third-order valence-corrected chi connectivity index (χ3v) is 5.23. The Kier molecular flexibility index (Phi) is 7.51. The summed E-state index contributed by atoms with van der Waals surface area (Å²) in [5.41, 5.74) is 4.62. The molecule has 0 saturated carbocycles. The first kappa shape index (κ1) is 22.6. The fraction of sp³-hybridized carbons (Fsp3) is 0.120. The van der Waals surface area contributed by atoms with E-state index in [2.05, 4.69) is 39.4 Å². The second-order valence-corrected chi connectivity index (χ2v) is 8.43. The maximum Gasteiger partial charge on any atom is 0.266 e. The highest BCUT2D eigenvalue weighted by atomic mass is 79.9. The van der Waals surface area contributed by atoms with E-state index in [-0.39, 0.29) is 5.57 Å². The fourth-order valence-electron chi connectivity index (χ4n) is 3.08. The van der Waals surface area contributed by atoms with Crippen LogP contribution in [0.3, 0.4) is 0 Å². The number of amides is 1. The van der Waals surface area contributed by atoms with Gasteiger partial charge < -0.3 is 10.1 Å². The monoisotopic (exact) mass is 494 g/mol. The molecule has 0 aliphatic carbocycles. The van der Waals surface area contributed by atoms with Crippen LogP contribution in [0.5, 0.6) is 5.75 Å². The summed E-state index contributed by atoms with van der Waals surface area (Å²) >= 11 is 9.71. The highest BCUT2D eigenvalue weighted by Crippen LogP contribution is 2.27. The van der Waals surface area contributed by atoms with Crippen molar-refractivity contribution in [3.8, 4) is 11.8 Å². The molecule has 156 valence electrons. The molecule has 4 nitrogen and oxygen atoms in total. The van der Waals surface area contributed by atoms with Gasteiger partial charge in [0.05, 0.1) is 5.02 Å². The molecule has 6 heteroatoms. The van der Waals surface area contributed by atoms with Crippen molar-refractivity contribution >= 4 is 45.2 Å². The molecule has 3 aromatic rings. The first-order valence-electron chi connectivity index (χ1n) is 9.52. The quantitative estimate of drug-likeness (QED) is 0.301. The van der Waals surface area contributed by atoms with Crippen molar-refractivity contribution in [1.29, 1.82) is 5.26 Å². The van der Waals surface area contributed by atoms with Crippen molar-refractivity contribution < 1.29 is 9.53 Å². The molecule has 0 aromatic heterocycles. The molecule has 0 atom stereocenters. The van der Waals surface area contributed by atoms with Crippen LogP contribution in [0.1, 0.15) is 22.3 Å². The van der Waals surface area contributed by atoms with Crippen LogP contribution < -0.4 is 10.1 Å². The van der Waals surface area contributed by atoms with Crippen LogP contribution in [0.4, 0.5) is 5.69 Å². The summed E-state index contributed by atoms with van der Waals surface area (Å²) in [4.78, 5) is 12.4. The Morgan fingerprint density at radius 2 is 1.77 bits per heavy atom. The molecular formula is C25H20BrClN2O2. The molecule has 1 N–H and O–H groups in total. The predicted molar refractivity (Wildman–Crippen MR) is 128 cm³/mol. The lowest BCUT2D eigenvalue weighted by Gasteiger charge is -2.10. The molecule has 0 heterocycles. The Hall–Kier alpha value is -3.07. The smallest absolute Gasteiger partial charge is 0.266 e. The number of carbonyl (C=O) groups is 1. The molecule has 1 amide bonds. The highest BCUT2D eigenvalue weighted by Gasteiger charge is 2.11. The number of nitriles is 1. The number of hydrogen-bond acceptors (Lipinski definition) is 3. The number of halogens is 2. The van der Waals surface area contributed by atoms with Crippen molar-refractivity contribution in [1.82, 2.24) is 0 Å². The van der Waals surface area contributed by atoms with Gasteiger partial charge in [-0.3, -0.25) is 4.79 Å². The Bertz CT molecular complexity index is 1160. The molecule has 0 spiro atoms. The van der Waals surface area contributed by atoms with E-state index in [4.69, 9.17) is 16.3 Å². The van der Waals surface area contributed by atoms with Gasteiger partial charge in [-0.1, -0.05) is 62.9 Å². The standard InChI is InChI=1S/C25H20BrClN2O2/c1-16-9-17(2)11-19(10-16)15-31-24-8-3-18(13-23(24)27)12-20(14-28)25(30)29-22-6-4-21(26)5-7-22/h3-13H,15H2,1-2H3,(H,29,30)/b20-12+. The highest BCUT2D eigenvalue weighted by molar-refractivity contribution is 9.10. The number of rotatable bonds is 6. The molecule has 0 saturated heterocycles. The van der Waals surface area contributed by atoms with E-state index in [1.54, 1.807) is 30.3 Å². The fourth-order valence-corrected chi connectivity index (χ4v) is 3.59. The van der Waals surface area contributed by atoms with Gasteiger partial charge in [0.2, 0.25) is 0 Å². The average molecular weight is 496 g/mol. The third kappa shape index (κ3) is 6.45. The lowest BCUT2D eigenvalue weighted by atomic mass is 10.1. The van der Waals surface area contributed by atoms with Crippen LogP contribution in [-0.4, -0.2) is 5.91 Å². The van der Waals surface area contributed by atoms with E-state index in [1.165, 1.54) is 17.2 Å². The van der Waals surface area contributed by atoms with Crippen LogP contribution in [0.25, 0.3) is 6.08 Å². The van der Waals surface area contributed by atoms with Gasteiger partial charge in [-0.05, 0) is 67.4 Å². The summed E-state index contributed by atoms with van der Waals surface area (Å²) in [6.45, 7) is 4.49. The maximum absolute atomic E-state index is 12.4. The van der Waals surface area contributed by atoms with Crippen molar-refractivity contribution in [3.05, 3.63) is 98.0 Å². The van der Waals surface area contributed by atoms with Gasteiger partial charge in [-0.15, -0.1) is 0 Å². The van der Waals surface area contributed by atoms with E-state index in [1.807, 2.05) is 32.0 Å². The van der Waals surface area contributed by atoms with E-state index in [0.717, 1.165) is 10.0 Å². The number of benzene rings is 3. The zero-order valence-corrected chi connectivity index (χ0v) is 19.4. The second-order valence-electron chi connectivity index (χ2n) is 7.11. The van der Waals surface area contributed by atoms with Gasteiger partial charge >= 0.3 is 0 Å². The molecule has 3 aromatic carbocycles. The second kappa shape index (κ2) is 10.3. The molecule has 31 heavy (non-hydrogen) atoms. The maximum atomic E-state index is 12.4. The minimum absolute atomic E-state index is 0.0251. The minimum Gasteiger partial charge on any atom is -0.487 e. The summed E-state index contributed by atoms with van der Waals surface area (Å²) in [5, 5.41) is 12.5. The Morgan fingerprint density at radius 1 is 1.10 bits per heavy atom. The summed E-state index contributed by atoms with van der Waals surface area (Å²) in [5.74, 6) is 0.0480. The number of hydrogen-bond donors (Lipinski definition) is 1. The van der Waals surface area contributed by atoms with Gasteiger partial charge in [-0.25, -0.2) is 0 Å². The minimum atomic E-state index is -0.490. The number of nitrogens with one attached hydrogen (secondary N) is 1. The zero-order valence-electron chi connectivity index (χ0n) is 17.1. The molecule has 0 bridgehead atoms. The van der Waals surface area contributed by atoms with E-state index < -0.39 is 5.91 Å². The Morgan fingerprint density at radius 3 is 2.39 bits per heavy atom. The molecule has 0 unspecified atom stereocenters. The van der Waals surface area contributed by atoms with Gasteiger partial charge in [0.1, 0.15) is 24.0 Å². The molecule has 0 radical (unpaired) electrons. The number of aryl methyl sites for hydroxylation is 2. The van der Waals surface area contributed by atoms with Gasteiger partial charge in [-0.2, -0.15) is 5.26 Å². The van der Waals surface area contributed by atoms with Crippen LogP contribution in [0.15, 0.2) is 70.7 Å². The van der Waals surface area contributed by atoms with Crippen molar-refractivity contribution in [3.63, 3.8) is 0 Å². The molecule has 0 aliphatic heterocycles. The van der Waals surface area contributed by atoms with E-state index >= 15 is 0 Å². The predicted octanol–water partition coefficient (Wildman–Crippen LogP) is 6.84. The Labute approximate surface area is 195 Å². The average Bonchev–Trinajstić information content (AvgIpc) is 2.72. The van der Waals surface area contributed by atoms with E-state index in [9.17, 15) is 10.1 Å². The number of carbonyl (C=O) groups excluding carboxylic acids is 1. The molecule has 0 fully saturated rings. The largest absolute Gasteiger partial charge is 0.487 e. The summed E-state index contributed by atoms with van der Waals surface area (Å²) in [6, 6.07) is 20.5. The van der Waals surface area contributed by atoms with Crippen molar-refractivity contribution in [2.45, 2.75) is 20.5 Å².